The highest BCUT2D eigenvalue weighted by Crippen LogP contribution is 2.09. The van der Waals surface area contributed by atoms with Gasteiger partial charge in [0.05, 0.1) is 12.1 Å². The number of likely N-dealkylation sites (N-methyl/N-ethyl adjacent to an activating group) is 2. The fourth-order valence-electron chi connectivity index (χ4n) is 1.16. The normalized spacial score (nSPS) is 9.82. The minimum Gasteiger partial charge on any atom is -0.478 e. The minimum atomic E-state index is -1.02. The van der Waals surface area contributed by atoms with Gasteiger partial charge in [0.1, 0.15) is 5.82 Å². The Labute approximate surface area is 99.5 Å². The Balaban J connectivity index is 2.73. The highest BCUT2D eigenvalue weighted by molar-refractivity contribution is 5.87. The third kappa shape index (κ3) is 3.44. The third-order valence-corrected chi connectivity index (χ3v) is 2.26. The second-order valence-electron chi connectivity index (χ2n) is 3.85. The van der Waals surface area contributed by atoms with Crippen LogP contribution in [0.2, 0.25) is 0 Å². The van der Waals surface area contributed by atoms with Gasteiger partial charge >= 0.3 is 5.97 Å². The molecule has 17 heavy (non-hydrogen) atoms. The summed E-state index contributed by atoms with van der Waals surface area (Å²) in [4.78, 5) is 29.2. The number of hydrogen-bond donors (Lipinski definition) is 1. The van der Waals surface area contributed by atoms with Gasteiger partial charge in [-0.2, -0.15) is 0 Å². The van der Waals surface area contributed by atoms with Gasteiger partial charge in [0.15, 0.2) is 0 Å². The lowest BCUT2D eigenvalue weighted by Crippen LogP contribution is -2.34. The summed E-state index contributed by atoms with van der Waals surface area (Å²) in [6.07, 6.45) is 1.27. The van der Waals surface area contributed by atoms with Gasteiger partial charge in [-0.1, -0.05) is 0 Å². The molecule has 1 aromatic heterocycles. The molecule has 0 bridgehead atoms. The predicted octanol–water partition coefficient (Wildman–Crippen LogP) is 0.304. The van der Waals surface area contributed by atoms with E-state index in [1.807, 2.05) is 0 Å². The van der Waals surface area contributed by atoms with Crippen molar-refractivity contribution in [3.05, 3.63) is 23.9 Å². The van der Waals surface area contributed by atoms with Gasteiger partial charge in [-0.3, -0.25) is 4.79 Å². The molecule has 1 amide bonds. The van der Waals surface area contributed by atoms with Crippen molar-refractivity contribution in [2.24, 2.45) is 0 Å². The number of hydrogen-bond acceptors (Lipinski definition) is 4. The van der Waals surface area contributed by atoms with Gasteiger partial charge in [-0.25, -0.2) is 9.78 Å². The Bertz CT molecular complexity index is 414. The molecule has 0 aromatic carbocycles. The number of aromatic carboxylic acids is 1. The molecule has 1 heterocycles. The van der Waals surface area contributed by atoms with Gasteiger partial charge in [-0.05, 0) is 12.1 Å². The number of carbonyl (C=O) groups is 2. The van der Waals surface area contributed by atoms with Crippen molar-refractivity contribution in [3.8, 4) is 0 Å². The Hall–Kier alpha value is -2.11. The zero-order valence-corrected chi connectivity index (χ0v) is 10.0. The molecule has 1 aromatic rings. The molecule has 0 fully saturated rings. The standard InChI is InChI=1S/C11H15N3O3/c1-13(2)10(15)7-14(3)9-5-4-8(6-12-9)11(16)17/h4-6H,7H2,1-3H3,(H,16,17). The molecule has 92 valence electrons. The molecule has 0 aliphatic carbocycles. The molecule has 0 saturated heterocycles. The van der Waals surface area contributed by atoms with Crippen molar-refractivity contribution in [2.75, 3.05) is 32.6 Å². The van der Waals surface area contributed by atoms with Crippen molar-refractivity contribution >= 4 is 17.7 Å². The summed E-state index contributed by atoms with van der Waals surface area (Å²) in [5.74, 6) is -0.502. The number of carbonyl (C=O) groups excluding carboxylic acids is 1. The van der Waals surface area contributed by atoms with Crippen LogP contribution in [0.5, 0.6) is 0 Å². The first-order valence-electron chi connectivity index (χ1n) is 5.02. The second kappa shape index (κ2) is 5.29. The summed E-state index contributed by atoms with van der Waals surface area (Å²) in [6.45, 7) is 0.201. The first-order chi connectivity index (χ1) is 7.91. The Morgan fingerprint density at radius 3 is 2.35 bits per heavy atom. The second-order valence-corrected chi connectivity index (χ2v) is 3.85. The zero-order valence-electron chi connectivity index (χ0n) is 10.0. The summed E-state index contributed by atoms with van der Waals surface area (Å²) in [5.41, 5.74) is 0.126. The van der Waals surface area contributed by atoms with Crippen LogP contribution in [0.1, 0.15) is 10.4 Å². The average molecular weight is 237 g/mol. The van der Waals surface area contributed by atoms with Crippen molar-refractivity contribution in [1.29, 1.82) is 0 Å². The van der Waals surface area contributed by atoms with E-state index >= 15 is 0 Å². The highest BCUT2D eigenvalue weighted by atomic mass is 16.4. The van der Waals surface area contributed by atoms with Gasteiger partial charge in [0, 0.05) is 27.3 Å². The number of nitrogens with zero attached hydrogens (tertiary/aromatic N) is 3. The fraction of sp³-hybridized carbons (Fsp3) is 0.364. The monoisotopic (exact) mass is 237 g/mol. The van der Waals surface area contributed by atoms with Gasteiger partial charge < -0.3 is 14.9 Å². The average Bonchev–Trinajstić information content (AvgIpc) is 2.28. The van der Waals surface area contributed by atoms with E-state index in [2.05, 4.69) is 4.98 Å². The van der Waals surface area contributed by atoms with E-state index < -0.39 is 5.97 Å². The molecule has 0 saturated carbocycles. The van der Waals surface area contributed by atoms with E-state index in [4.69, 9.17) is 5.11 Å². The number of anilines is 1. The van der Waals surface area contributed by atoms with Crippen LogP contribution in [0.25, 0.3) is 0 Å². The summed E-state index contributed by atoms with van der Waals surface area (Å²) in [7, 11) is 5.08. The predicted molar refractivity (Wildman–Crippen MR) is 63.2 cm³/mol. The molecular formula is C11H15N3O3. The van der Waals surface area contributed by atoms with Crippen molar-refractivity contribution in [3.63, 3.8) is 0 Å². The van der Waals surface area contributed by atoms with Crippen LogP contribution in [0.15, 0.2) is 18.3 Å². The number of aromatic nitrogens is 1. The molecule has 0 radical (unpaired) electrons. The van der Waals surface area contributed by atoms with Gasteiger partial charge in [0.25, 0.3) is 0 Å². The molecule has 0 spiro atoms. The van der Waals surface area contributed by atoms with Gasteiger partial charge in [0.2, 0.25) is 5.91 Å². The Morgan fingerprint density at radius 2 is 1.94 bits per heavy atom. The maximum atomic E-state index is 11.5. The van der Waals surface area contributed by atoms with Crippen molar-refractivity contribution < 1.29 is 14.7 Å². The summed E-state index contributed by atoms with van der Waals surface area (Å²) in [5, 5.41) is 8.72. The Kier molecular flexibility index (Phi) is 4.03. The van der Waals surface area contributed by atoms with E-state index in [0.29, 0.717) is 5.82 Å². The van der Waals surface area contributed by atoms with E-state index in [1.165, 1.54) is 17.2 Å². The van der Waals surface area contributed by atoms with Crippen LogP contribution in [-0.2, 0) is 4.79 Å². The lowest BCUT2D eigenvalue weighted by atomic mass is 10.3. The summed E-state index contributed by atoms with van der Waals surface area (Å²) in [6, 6.07) is 3.04. The van der Waals surface area contributed by atoms with Crippen LogP contribution < -0.4 is 4.90 Å². The largest absolute Gasteiger partial charge is 0.478 e. The topological polar surface area (TPSA) is 73.7 Å². The maximum absolute atomic E-state index is 11.5. The first kappa shape index (κ1) is 13.0. The molecular weight excluding hydrogens is 222 g/mol. The molecule has 6 nitrogen and oxygen atoms in total. The van der Waals surface area contributed by atoms with Crippen molar-refractivity contribution in [2.45, 2.75) is 0 Å². The molecule has 0 unspecified atom stereocenters. The number of pyridine rings is 1. The minimum absolute atomic E-state index is 0.0448. The van der Waals surface area contributed by atoms with Crippen LogP contribution in [0.4, 0.5) is 5.82 Å². The smallest absolute Gasteiger partial charge is 0.337 e. The van der Waals surface area contributed by atoms with E-state index in [0.717, 1.165) is 0 Å². The molecule has 6 heteroatoms. The molecule has 0 aliphatic rings. The first-order valence-corrected chi connectivity index (χ1v) is 5.02. The van der Waals surface area contributed by atoms with Crippen LogP contribution in [0.3, 0.4) is 0 Å². The fourth-order valence-corrected chi connectivity index (χ4v) is 1.16. The highest BCUT2D eigenvalue weighted by Gasteiger charge is 2.10. The third-order valence-electron chi connectivity index (χ3n) is 2.26. The van der Waals surface area contributed by atoms with E-state index in [1.54, 1.807) is 32.1 Å². The zero-order chi connectivity index (χ0) is 13.0. The lowest BCUT2D eigenvalue weighted by molar-refractivity contribution is -0.127. The molecule has 1 rings (SSSR count). The van der Waals surface area contributed by atoms with Gasteiger partial charge in [-0.15, -0.1) is 0 Å². The number of amides is 1. The number of rotatable bonds is 4. The summed E-state index contributed by atoms with van der Waals surface area (Å²) >= 11 is 0. The summed E-state index contributed by atoms with van der Waals surface area (Å²) < 4.78 is 0. The SMILES string of the molecule is CN(C)C(=O)CN(C)c1ccc(C(=O)O)cn1. The molecule has 1 N–H and O–H groups in total. The van der Waals surface area contributed by atoms with Crippen LogP contribution in [0, 0.1) is 0 Å². The lowest BCUT2D eigenvalue weighted by Gasteiger charge is -2.19. The molecule has 0 atom stereocenters. The number of carboxylic acid groups (broad SMARTS) is 1. The maximum Gasteiger partial charge on any atom is 0.337 e. The van der Waals surface area contributed by atoms with E-state index in [9.17, 15) is 9.59 Å². The van der Waals surface area contributed by atoms with Crippen LogP contribution in [-0.4, -0.2) is 54.6 Å². The van der Waals surface area contributed by atoms with Crippen LogP contribution >= 0.6 is 0 Å². The van der Waals surface area contributed by atoms with E-state index in [-0.39, 0.29) is 18.0 Å². The quantitative estimate of drug-likeness (QED) is 0.815. The van der Waals surface area contributed by atoms with Crippen molar-refractivity contribution in [1.82, 2.24) is 9.88 Å². The Morgan fingerprint density at radius 1 is 1.29 bits per heavy atom. The number of carboxylic acids is 1. The molecule has 0 aliphatic heterocycles.